The second kappa shape index (κ2) is 11.9. The molecule has 0 radical (unpaired) electrons. The van der Waals surface area contributed by atoms with Crippen molar-refractivity contribution >= 4 is 40.8 Å². The fraction of sp³-hybridized carbons (Fsp3) is 0.259. The van der Waals surface area contributed by atoms with Crippen molar-refractivity contribution in [3.05, 3.63) is 93.4 Å². The van der Waals surface area contributed by atoms with Gasteiger partial charge in [0.1, 0.15) is 17.8 Å². The summed E-state index contributed by atoms with van der Waals surface area (Å²) in [4.78, 5) is 51.6. The fourth-order valence-electron chi connectivity index (χ4n) is 4.12. The number of amides is 2. The lowest BCUT2D eigenvalue weighted by atomic mass is 10.0. The van der Waals surface area contributed by atoms with E-state index in [1.54, 1.807) is 13.0 Å². The molecule has 0 spiro atoms. The molecule has 2 aromatic carbocycles. The summed E-state index contributed by atoms with van der Waals surface area (Å²) in [6.07, 6.45) is 0.687. The number of hydrogen-bond acceptors (Lipinski definition) is 7. The Kier molecular flexibility index (Phi) is 8.45. The number of ether oxygens (including phenoxy) is 2. The molecule has 1 unspecified atom stereocenters. The van der Waals surface area contributed by atoms with Gasteiger partial charge in [0.15, 0.2) is 0 Å². The minimum absolute atomic E-state index is 0.0251. The topological polar surface area (TPSA) is 142 Å². The standard InChI is InChI=1S/C27H27ClN4O6/c1-2-37-27-21(15-23(33)38-27)31-25(35)22(13-16-7-4-3-5-8-16)32-12-6-9-20(26(32)36)30-24(34)17-10-11-19(29)18(28)14-17/h3-12,14,21-22,27H,2,13,15,29H2,1H3,(H,30,34)(H,31,35)/t21-,22+,27?/m0/s1. The first-order chi connectivity index (χ1) is 18.3. The monoisotopic (exact) mass is 538 g/mol. The Hall–Kier alpha value is -4.15. The van der Waals surface area contributed by atoms with Gasteiger partial charge in [0, 0.05) is 24.8 Å². The van der Waals surface area contributed by atoms with E-state index in [1.807, 2.05) is 30.3 Å². The maximum absolute atomic E-state index is 13.5. The van der Waals surface area contributed by atoms with E-state index >= 15 is 0 Å². The minimum atomic E-state index is -0.995. The molecule has 11 heteroatoms. The van der Waals surface area contributed by atoms with Gasteiger partial charge in [-0.15, -0.1) is 0 Å². The van der Waals surface area contributed by atoms with Crippen LogP contribution in [0.25, 0.3) is 0 Å². The van der Waals surface area contributed by atoms with Gasteiger partial charge in [-0.2, -0.15) is 0 Å². The number of benzene rings is 2. The van der Waals surface area contributed by atoms with E-state index in [-0.39, 0.29) is 35.7 Å². The molecule has 4 rings (SSSR count). The Morgan fingerprint density at radius 1 is 1.16 bits per heavy atom. The molecule has 198 valence electrons. The van der Waals surface area contributed by atoms with Crippen LogP contribution < -0.4 is 21.9 Å². The third-order valence-corrected chi connectivity index (χ3v) is 6.34. The predicted molar refractivity (Wildman–Crippen MR) is 142 cm³/mol. The molecule has 3 atom stereocenters. The van der Waals surface area contributed by atoms with Gasteiger partial charge in [-0.25, -0.2) is 0 Å². The van der Waals surface area contributed by atoms with Crippen LogP contribution in [0, 0.1) is 0 Å². The second-order valence-corrected chi connectivity index (χ2v) is 9.07. The van der Waals surface area contributed by atoms with Crippen LogP contribution >= 0.6 is 11.6 Å². The number of anilines is 2. The Bertz CT molecular complexity index is 1390. The fourth-order valence-corrected chi connectivity index (χ4v) is 4.30. The van der Waals surface area contributed by atoms with Crippen molar-refractivity contribution < 1.29 is 23.9 Å². The smallest absolute Gasteiger partial charge is 0.310 e. The molecule has 2 heterocycles. The number of nitrogens with one attached hydrogen (secondary N) is 2. The molecule has 4 N–H and O–H groups in total. The summed E-state index contributed by atoms with van der Waals surface area (Å²) >= 11 is 6.03. The number of cyclic esters (lactones) is 1. The molecule has 0 saturated carbocycles. The summed E-state index contributed by atoms with van der Waals surface area (Å²) in [5, 5.41) is 5.60. The number of nitrogens with zero attached hydrogens (tertiary/aromatic N) is 1. The average molecular weight is 539 g/mol. The van der Waals surface area contributed by atoms with Crippen molar-refractivity contribution in [1.82, 2.24) is 9.88 Å². The molecule has 0 aliphatic carbocycles. The normalized spacial score (nSPS) is 17.5. The van der Waals surface area contributed by atoms with E-state index < -0.39 is 41.7 Å². The maximum atomic E-state index is 13.5. The van der Waals surface area contributed by atoms with Crippen LogP contribution in [0.3, 0.4) is 0 Å². The Balaban J connectivity index is 1.63. The van der Waals surface area contributed by atoms with Crippen molar-refractivity contribution in [2.75, 3.05) is 17.7 Å². The molecule has 3 aromatic rings. The first kappa shape index (κ1) is 26.9. The van der Waals surface area contributed by atoms with Gasteiger partial charge in [0.2, 0.25) is 12.2 Å². The highest BCUT2D eigenvalue weighted by atomic mass is 35.5. The number of halogens is 1. The van der Waals surface area contributed by atoms with E-state index in [9.17, 15) is 19.2 Å². The number of aromatic nitrogens is 1. The minimum Gasteiger partial charge on any atom is -0.433 e. The van der Waals surface area contributed by atoms with Gasteiger partial charge in [-0.1, -0.05) is 41.9 Å². The zero-order chi connectivity index (χ0) is 27.2. The zero-order valence-corrected chi connectivity index (χ0v) is 21.3. The maximum Gasteiger partial charge on any atom is 0.310 e. The number of hydrogen-bond donors (Lipinski definition) is 3. The third-order valence-electron chi connectivity index (χ3n) is 6.02. The van der Waals surface area contributed by atoms with Crippen molar-refractivity contribution in [2.45, 2.75) is 38.1 Å². The van der Waals surface area contributed by atoms with Gasteiger partial charge in [0.05, 0.1) is 17.1 Å². The lowest BCUT2D eigenvalue weighted by Gasteiger charge is -2.24. The van der Waals surface area contributed by atoms with Crippen molar-refractivity contribution in [1.29, 1.82) is 0 Å². The molecule has 1 saturated heterocycles. The Morgan fingerprint density at radius 3 is 2.63 bits per heavy atom. The molecule has 2 amide bonds. The van der Waals surface area contributed by atoms with E-state index in [0.717, 1.165) is 5.56 Å². The van der Waals surface area contributed by atoms with Crippen LogP contribution in [0.5, 0.6) is 0 Å². The molecule has 0 bridgehead atoms. The van der Waals surface area contributed by atoms with Crippen molar-refractivity contribution in [3.63, 3.8) is 0 Å². The van der Waals surface area contributed by atoms with Crippen LogP contribution in [0.4, 0.5) is 11.4 Å². The highest BCUT2D eigenvalue weighted by Gasteiger charge is 2.38. The summed E-state index contributed by atoms with van der Waals surface area (Å²) in [6.45, 7) is 2.04. The summed E-state index contributed by atoms with van der Waals surface area (Å²) in [7, 11) is 0. The highest BCUT2D eigenvalue weighted by Crippen LogP contribution is 2.22. The molecule has 1 fully saturated rings. The van der Waals surface area contributed by atoms with Crippen molar-refractivity contribution in [2.24, 2.45) is 0 Å². The van der Waals surface area contributed by atoms with Gasteiger partial charge in [-0.3, -0.25) is 19.2 Å². The number of carbonyl (C=O) groups is 3. The second-order valence-electron chi connectivity index (χ2n) is 8.66. The molecule has 1 aromatic heterocycles. The van der Waals surface area contributed by atoms with E-state index in [2.05, 4.69) is 10.6 Å². The van der Waals surface area contributed by atoms with Crippen LogP contribution in [0.1, 0.15) is 35.3 Å². The Labute approximate surface area is 223 Å². The van der Waals surface area contributed by atoms with Crippen LogP contribution in [-0.2, 0) is 25.5 Å². The van der Waals surface area contributed by atoms with Crippen LogP contribution in [0.2, 0.25) is 5.02 Å². The molecular formula is C27H27ClN4O6. The summed E-state index contributed by atoms with van der Waals surface area (Å²) in [5.74, 6) is -1.55. The van der Waals surface area contributed by atoms with Gasteiger partial charge in [-0.05, 0) is 42.8 Å². The molecule has 10 nitrogen and oxygen atoms in total. The first-order valence-electron chi connectivity index (χ1n) is 12.0. The molecule has 1 aliphatic rings. The van der Waals surface area contributed by atoms with E-state index in [4.69, 9.17) is 26.8 Å². The quantitative estimate of drug-likeness (QED) is 0.281. The van der Waals surface area contributed by atoms with Gasteiger partial charge < -0.3 is 30.4 Å². The van der Waals surface area contributed by atoms with Crippen LogP contribution in [-0.4, -0.2) is 41.3 Å². The average Bonchev–Trinajstić information content (AvgIpc) is 3.24. The first-order valence-corrected chi connectivity index (χ1v) is 12.4. The number of esters is 1. The summed E-state index contributed by atoms with van der Waals surface area (Å²) < 4.78 is 11.8. The highest BCUT2D eigenvalue weighted by molar-refractivity contribution is 6.33. The number of nitrogen functional groups attached to an aromatic ring is 1. The third kappa shape index (κ3) is 6.21. The number of carbonyl (C=O) groups excluding carboxylic acids is 3. The summed E-state index contributed by atoms with van der Waals surface area (Å²) in [5.41, 5.74) is 6.45. The van der Waals surface area contributed by atoms with Crippen molar-refractivity contribution in [3.8, 4) is 0 Å². The number of nitrogens with two attached hydrogens (primary N) is 1. The lowest BCUT2D eigenvalue weighted by Crippen LogP contribution is -2.46. The van der Waals surface area contributed by atoms with Crippen LogP contribution in [0.15, 0.2) is 71.7 Å². The largest absolute Gasteiger partial charge is 0.433 e. The number of rotatable bonds is 9. The molecule has 1 aliphatic heterocycles. The predicted octanol–water partition coefficient (Wildman–Crippen LogP) is 2.91. The van der Waals surface area contributed by atoms with Gasteiger partial charge in [0.25, 0.3) is 11.5 Å². The Morgan fingerprint density at radius 2 is 1.92 bits per heavy atom. The summed E-state index contributed by atoms with van der Waals surface area (Å²) in [6, 6.07) is 14.9. The van der Waals surface area contributed by atoms with E-state index in [0.29, 0.717) is 5.69 Å². The number of pyridine rings is 1. The SMILES string of the molecule is CCOC1OC(=O)C[C@@H]1NC(=O)[C@@H](Cc1ccccc1)n1cccc(NC(=O)c2ccc(N)c(Cl)c2)c1=O. The lowest BCUT2D eigenvalue weighted by molar-refractivity contribution is -0.164. The molecule has 38 heavy (non-hydrogen) atoms. The van der Waals surface area contributed by atoms with Gasteiger partial charge >= 0.3 is 5.97 Å². The zero-order valence-electron chi connectivity index (χ0n) is 20.6. The van der Waals surface area contributed by atoms with E-state index in [1.165, 1.54) is 35.0 Å². The molecular weight excluding hydrogens is 512 g/mol.